The maximum absolute atomic E-state index is 12.8. The van der Waals surface area contributed by atoms with Gasteiger partial charge in [0, 0.05) is 6.54 Å². The summed E-state index contributed by atoms with van der Waals surface area (Å²) >= 11 is 0. The van der Waals surface area contributed by atoms with Gasteiger partial charge in [-0.1, -0.05) is 39.0 Å². The van der Waals surface area contributed by atoms with Crippen molar-refractivity contribution in [1.29, 1.82) is 0 Å². The van der Waals surface area contributed by atoms with Crippen LogP contribution in [0.3, 0.4) is 0 Å². The van der Waals surface area contributed by atoms with Gasteiger partial charge in [-0.05, 0) is 37.5 Å². The van der Waals surface area contributed by atoms with Crippen LogP contribution in [0.2, 0.25) is 0 Å². The van der Waals surface area contributed by atoms with Gasteiger partial charge in [0.15, 0.2) is 0 Å². The first-order valence-electron chi connectivity index (χ1n) is 9.44. The van der Waals surface area contributed by atoms with E-state index in [9.17, 15) is 14.4 Å². The van der Waals surface area contributed by atoms with Crippen molar-refractivity contribution in [2.45, 2.75) is 70.3 Å². The minimum absolute atomic E-state index is 0.123. The van der Waals surface area contributed by atoms with Crippen molar-refractivity contribution in [3.05, 3.63) is 0 Å². The lowest BCUT2D eigenvalue weighted by Crippen LogP contribution is -2.54. The Morgan fingerprint density at radius 1 is 1.17 bits per heavy atom. The number of carbonyl (C=O) groups excluding carboxylic acids is 3. The molecule has 2 N–H and O–H groups in total. The maximum atomic E-state index is 12.8. The molecule has 4 amide bonds. The third kappa shape index (κ3) is 3.28. The Morgan fingerprint density at radius 3 is 2.58 bits per heavy atom. The van der Waals surface area contributed by atoms with Crippen LogP contribution in [0, 0.1) is 11.8 Å². The maximum Gasteiger partial charge on any atom is 0.325 e. The molecule has 1 heterocycles. The summed E-state index contributed by atoms with van der Waals surface area (Å²) in [5.41, 5.74) is -0.779. The zero-order valence-electron chi connectivity index (χ0n) is 14.6. The highest BCUT2D eigenvalue weighted by atomic mass is 16.2. The summed E-state index contributed by atoms with van der Waals surface area (Å²) in [5.74, 6) is 0.214. The molecule has 1 saturated heterocycles. The van der Waals surface area contributed by atoms with Gasteiger partial charge in [0.1, 0.15) is 12.1 Å². The van der Waals surface area contributed by atoms with Crippen molar-refractivity contribution in [1.82, 2.24) is 15.5 Å². The lowest BCUT2D eigenvalue weighted by molar-refractivity contribution is -0.137. The lowest BCUT2D eigenvalue weighted by Gasteiger charge is -2.36. The molecular weight excluding hydrogens is 306 g/mol. The zero-order valence-corrected chi connectivity index (χ0v) is 14.6. The molecule has 0 unspecified atom stereocenters. The van der Waals surface area contributed by atoms with E-state index in [1.807, 2.05) is 6.92 Å². The molecular formula is C18H29N3O3. The average Bonchev–Trinajstić information content (AvgIpc) is 2.82. The predicted molar refractivity (Wildman–Crippen MR) is 90.2 cm³/mol. The number of nitrogens with one attached hydrogen (secondary N) is 2. The highest BCUT2D eigenvalue weighted by molar-refractivity contribution is 6.09. The first-order chi connectivity index (χ1) is 11.5. The number of rotatable bonds is 4. The van der Waals surface area contributed by atoms with Gasteiger partial charge in [0.2, 0.25) is 5.91 Å². The number of hydrogen-bond acceptors (Lipinski definition) is 3. The number of hydrogen-bond donors (Lipinski definition) is 2. The van der Waals surface area contributed by atoms with Crippen LogP contribution in [-0.4, -0.2) is 41.4 Å². The third-order valence-electron chi connectivity index (χ3n) is 6.12. The molecule has 0 radical (unpaired) electrons. The van der Waals surface area contributed by atoms with Gasteiger partial charge in [-0.15, -0.1) is 0 Å². The molecule has 6 heteroatoms. The summed E-state index contributed by atoms with van der Waals surface area (Å²) in [4.78, 5) is 38.4. The second kappa shape index (κ2) is 7.11. The zero-order chi connectivity index (χ0) is 17.2. The molecule has 3 aliphatic rings. The summed E-state index contributed by atoms with van der Waals surface area (Å²) in [5, 5.41) is 5.80. The van der Waals surface area contributed by atoms with E-state index >= 15 is 0 Å². The van der Waals surface area contributed by atoms with Crippen LogP contribution >= 0.6 is 0 Å². The van der Waals surface area contributed by atoms with E-state index in [0.29, 0.717) is 18.9 Å². The molecule has 1 spiro atoms. The molecule has 24 heavy (non-hydrogen) atoms. The second-order valence-corrected chi connectivity index (χ2v) is 7.75. The Labute approximate surface area is 143 Å². The van der Waals surface area contributed by atoms with E-state index in [1.165, 1.54) is 19.3 Å². The van der Waals surface area contributed by atoms with Crippen LogP contribution in [0.5, 0.6) is 0 Å². The van der Waals surface area contributed by atoms with E-state index < -0.39 is 11.6 Å². The van der Waals surface area contributed by atoms with Crippen molar-refractivity contribution in [2.24, 2.45) is 11.8 Å². The molecule has 0 aromatic heterocycles. The van der Waals surface area contributed by atoms with Crippen LogP contribution in [0.1, 0.15) is 64.7 Å². The molecule has 3 rings (SSSR count). The van der Waals surface area contributed by atoms with Crippen LogP contribution < -0.4 is 10.6 Å². The van der Waals surface area contributed by atoms with Gasteiger partial charge in [-0.3, -0.25) is 14.5 Å². The molecule has 2 saturated carbocycles. The van der Waals surface area contributed by atoms with E-state index in [2.05, 4.69) is 10.6 Å². The molecule has 1 aliphatic heterocycles. The molecule has 2 atom stereocenters. The quantitative estimate of drug-likeness (QED) is 0.773. The smallest absolute Gasteiger partial charge is 0.325 e. The predicted octanol–water partition coefficient (Wildman–Crippen LogP) is 2.18. The number of urea groups is 1. The van der Waals surface area contributed by atoms with Gasteiger partial charge in [0.25, 0.3) is 5.91 Å². The van der Waals surface area contributed by atoms with E-state index in [-0.39, 0.29) is 24.3 Å². The Hall–Kier alpha value is -1.59. The Balaban J connectivity index is 1.55. The first-order valence-corrected chi connectivity index (χ1v) is 9.44. The van der Waals surface area contributed by atoms with Gasteiger partial charge in [0.05, 0.1) is 0 Å². The van der Waals surface area contributed by atoms with Crippen LogP contribution in [0.15, 0.2) is 0 Å². The SMILES string of the molecule is C[C@H]1CCCC[C@]12NC(=O)N(CC(=O)NCC1CCCCC1)C2=O. The van der Waals surface area contributed by atoms with E-state index in [0.717, 1.165) is 37.0 Å². The molecule has 3 fully saturated rings. The van der Waals surface area contributed by atoms with Crippen LogP contribution in [-0.2, 0) is 9.59 Å². The second-order valence-electron chi connectivity index (χ2n) is 7.75. The number of carbonyl (C=O) groups is 3. The number of imide groups is 1. The monoisotopic (exact) mass is 335 g/mol. The fraction of sp³-hybridized carbons (Fsp3) is 0.833. The minimum atomic E-state index is -0.779. The fourth-order valence-corrected chi connectivity index (χ4v) is 4.49. The van der Waals surface area contributed by atoms with Crippen molar-refractivity contribution < 1.29 is 14.4 Å². The largest absolute Gasteiger partial charge is 0.354 e. The summed E-state index contributed by atoms with van der Waals surface area (Å²) in [6, 6.07) is -0.415. The highest BCUT2D eigenvalue weighted by Crippen LogP contribution is 2.38. The summed E-state index contributed by atoms with van der Waals surface area (Å²) in [6.07, 6.45) is 9.71. The van der Waals surface area contributed by atoms with E-state index in [1.54, 1.807) is 0 Å². The Bertz CT molecular complexity index is 516. The van der Waals surface area contributed by atoms with E-state index in [4.69, 9.17) is 0 Å². The minimum Gasteiger partial charge on any atom is -0.354 e. The Kier molecular flexibility index (Phi) is 5.11. The van der Waals surface area contributed by atoms with Crippen LogP contribution in [0.4, 0.5) is 4.79 Å². The van der Waals surface area contributed by atoms with Gasteiger partial charge >= 0.3 is 6.03 Å². The van der Waals surface area contributed by atoms with Gasteiger partial charge in [-0.25, -0.2) is 4.79 Å². The van der Waals surface area contributed by atoms with Crippen molar-refractivity contribution in [3.8, 4) is 0 Å². The fourth-order valence-electron chi connectivity index (χ4n) is 4.49. The molecule has 2 aliphatic carbocycles. The summed E-state index contributed by atoms with van der Waals surface area (Å²) in [7, 11) is 0. The average molecular weight is 335 g/mol. The molecule has 0 aromatic rings. The standard InChI is InChI=1S/C18H29N3O3/c1-13-7-5-6-10-18(13)16(23)21(17(24)20-18)12-15(22)19-11-14-8-3-2-4-9-14/h13-14H,2-12H2,1H3,(H,19,22)(H,20,24)/t13-,18-/m0/s1. The normalized spacial score (nSPS) is 31.4. The third-order valence-corrected chi connectivity index (χ3v) is 6.12. The lowest BCUT2D eigenvalue weighted by atomic mass is 9.73. The summed E-state index contributed by atoms with van der Waals surface area (Å²) < 4.78 is 0. The van der Waals surface area contributed by atoms with Crippen molar-refractivity contribution in [3.63, 3.8) is 0 Å². The molecule has 0 bridgehead atoms. The highest BCUT2D eigenvalue weighted by Gasteiger charge is 2.55. The topological polar surface area (TPSA) is 78.5 Å². The summed E-state index contributed by atoms with van der Waals surface area (Å²) in [6.45, 7) is 2.51. The van der Waals surface area contributed by atoms with Crippen LogP contribution in [0.25, 0.3) is 0 Å². The number of nitrogens with zero attached hydrogens (tertiary/aromatic N) is 1. The van der Waals surface area contributed by atoms with Crippen molar-refractivity contribution >= 4 is 17.8 Å². The number of amides is 4. The molecule has 0 aromatic carbocycles. The first kappa shape index (κ1) is 17.2. The Morgan fingerprint density at radius 2 is 1.88 bits per heavy atom. The van der Waals surface area contributed by atoms with Gasteiger partial charge < -0.3 is 10.6 Å². The molecule has 6 nitrogen and oxygen atoms in total. The van der Waals surface area contributed by atoms with Crippen molar-refractivity contribution in [2.75, 3.05) is 13.1 Å². The van der Waals surface area contributed by atoms with Gasteiger partial charge in [-0.2, -0.15) is 0 Å². The molecule has 134 valence electrons.